The molecule has 0 unspecified atom stereocenters. The Morgan fingerprint density at radius 1 is 1.41 bits per heavy atom. The molecule has 2 amide bonds. The number of amides is 2. The van der Waals surface area contributed by atoms with Crippen LogP contribution in [0.5, 0.6) is 0 Å². The summed E-state index contributed by atoms with van der Waals surface area (Å²) in [6.07, 6.45) is 3.19. The molecule has 0 bridgehead atoms. The number of carbonyl (C=O) groups is 1. The minimum Gasteiger partial charge on any atom is -0.336 e. The van der Waals surface area contributed by atoms with Gasteiger partial charge in [0.15, 0.2) is 0 Å². The van der Waals surface area contributed by atoms with Crippen molar-refractivity contribution < 1.29 is 13.2 Å². The van der Waals surface area contributed by atoms with Crippen molar-refractivity contribution in [2.45, 2.75) is 25.8 Å². The number of sulfonamides is 1. The predicted octanol–water partition coefficient (Wildman–Crippen LogP) is 1.99. The first-order valence-electron chi connectivity index (χ1n) is 7.05. The van der Waals surface area contributed by atoms with E-state index in [4.69, 9.17) is 0 Å². The maximum absolute atomic E-state index is 12.0. The van der Waals surface area contributed by atoms with Gasteiger partial charge in [-0.05, 0) is 43.5 Å². The first kappa shape index (κ1) is 17.1. The molecule has 6 nitrogen and oxygen atoms in total. The minimum atomic E-state index is -3.41. The monoisotopic (exact) mass is 389 g/mol. The molecule has 0 atom stereocenters. The summed E-state index contributed by atoms with van der Waals surface area (Å²) in [6.45, 7) is 2.34. The van der Waals surface area contributed by atoms with Gasteiger partial charge in [-0.2, -0.15) is 0 Å². The Hall–Kier alpha value is -1.28. The van der Waals surface area contributed by atoms with Gasteiger partial charge in [-0.1, -0.05) is 15.9 Å². The Kier molecular flexibility index (Phi) is 5.33. The van der Waals surface area contributed by atoms with Crippen LogP contribution in [0, 0.1) is 6.92 Å². The van der Waals surface area contributed by atoms with Crippen molar-refractivity contribution in [1.29, 1.82) is 0 Å². The SMILES string of the molecule is Cc1cc(N(CCNC(=O)NC2CC2)S(C)(=O)=O)ccc1Br. The van der Waals surface area contributed by atoms with Crippen LogP contribution in [0.15, 0.2) is 22.7 Å². The van der Waals surface area contributed by atoms with Gasteiger partial charge in [-0.25, -0.2) is 13.2 Å². The van der Waals surface area contributed by atoms with E-state index in [1.54, 1.807) is 12.1 Å². The summed E-state index contributed by atoms with van der Waals surface area (Å²) >= 11 is 3.40. The lowest BCUT2D eigenvalue weighted by Gasteiger charge is -2.23. The van der Waals surface area contributed by atoms with Gasteiger partial charge in [0, 0.05) is 17.1 Å². The van der Waals surface area contributed by atoms with Gasteiger partial charge < -0.3 is 10.6 Å². The molecule has 1 aromatic rings. The lowest BCUT2D eigenvalue weighted by molar-refractivity contribution is 0.241. The summed E-state index contributed by atoms with van der Waals surface area (Å²) in [7, 11) is -3.41. The van der Waals surface area contributed by atoms with E-state index >= 15 is 0 Å². The second kappa shape index (κ2) is 6.87. The lowest BCUT2D eigenvalue weighted by atomic mass is 10.2. The predicted molar refractivity (Wildman–Crippen MR) is 90.6 cm³/mol. The Balaban J connectivity index is 2.00. The molecule has 1 aliphatic carbocycles. The Labute approximate surface area is 139 Å². The fraction of sp³-hybridized carbons (Fsp3) is 0.500. The molecule has 1 fully saturated rings. The Bertz CT molecular complexity index is 659. The molecule has 1 aliphatic rings. The summed E-state index contributed by atoms with van der Waals surface area (Å²) in [6, 6.07) is 5.39. The minimum absolute atomic E-state index is 0.192. The fourth-order valence-electron chi connectivity index (χ4n) is 2.01. The first-order chi connectivity index (χ1) is 10.3. The number of nitrogens with zero attached hydrogens (tertiary/aromatic N) is 1. The number of benzene rings is 1. The van der Waals surface area contributed by atoms with Gasteiger partial charge in [-0.3, -0.25) is 4.31 Å². The molecule has 0 saturated heterocycles. The van der Waals surface area contributed by atoms with Crippen molar-refractivity contribution >= 4 is 37.7 Å². The largest absolute Gasteiger partial charge is 0.336 e. The summed E-state index contributed by atoms with van der Waals surface area (Å²) in [5.74, 6) is 0. The van der Waals surface area contributed by atoms with Gasteiger partial charge in [0.25, 0.3) is 0 Å². The van der Waals surface area contributed by atoms with Gasteiger partial charge >= 0.3 is 6.03 Å². The third kappa shape index (κ3) is 4.88. The summed E-state index contributed by atoms with van der Waals surface area (Å²) in [4.78, 5) is 11.6. The zero-order chi connectivity index (χ0) is 16.3. The van der Waals surface area contributed by atoms with E-state index in [-0.39, 0.29) is 25.2 Å². The average Bonchev–Trinajstić information content (AvgIpc) is 3.20. The zero-order valence-electron chi connectivity index (χ0n) is 12.6. The summed E-state index contributed by atoms with van der Waals surface area (Å²) in [5, 5.41) is 5.49. The van der Waals surface area contributed by atoms with Crippen LogP contribution in [-0.2, 0) is 10.0 Å². The number of urea groups is 1. The molecule has 0 radical (unpaired) electrons. The fourth-order valence-corrected chi connectivity index (χ4v) is 3.17. The molecule has 22 heavy (non-hydrogen) atoms. The molecule has 2 N–H and O–H groups in total. The number of anilines is 1. The number of carbonyl (C=O) groups excluding carboxylic acids is 1. The lowest BCUT2D eigenvalue weighted by Crippen LogP contribution is -2.42. The number of hydrogen-bond donors (Lipinski definition) is 2. The molecular weight excluding hydrogens is 370 g/mol. The highest BCUT2D eigenvalue weighted by molar-refractivity contribution is 9.10. The first-order valence-corrected chi connectivity index (χ1v) is 9.70. The van der Waals surface area contributed by atoms with Crippen LogP contribution in [0.3, 0.4) is 0 Å². The van der Waals surface area contributed by atoms with Crippen LogP contribution in [0.4, 0.5) is 10.5 Å². The van der Waals surface area contributed by atoms with Crippen LogP contribution in [0.25, 0.3) is 0 Å². The third-order valence-corrected chi connectivity index (χ3v) is 5.43. The number of rotatable bonds is 6. The number of nitrogens with one attached hydrogen (secondary N) is 2. The second-order valence-corrected chi connectivity index (χ2v) is 8.20. The van der Waals surface area contributed by atoms with E-state index in [1.165, 1.54) is 4.31 Å². The topological polar surface area (TPSA) is 78.5 Å². The normalized spacial score (nSPS) is 14.5. The quantitative estimate of drug-likeness (QED) is 0.780. The van der Waals surface area contributed by atoms with Crippen molar-refractivity contribution in [3.63, 3.8) is 0 Å². The summed E-state index contributed by atoms with van der Waals surface area (Å²) < 4.78 is 26.2. The molecule has 0 aliphatic heterocycles. The molecule has 8 heteroatoms. The van der Waals surface area contributed by atoms with Crippen molar-refractivity contribution in [2.75, 3.05) is 23.7 Å². The van der Waals surface area contributed by atoms with Crippen molar-refractivity contribution in [1.82, 2.24) is 10.6 Å². The highest BCUT2D eigenvalue weighted by Gasteiger charge is 2.23. The summed E-state index contributed by atoms with van der Waals surface area (Å²) in [5.41, 5.74) is 1.54. The Morgan fingerprint density at radius 3 is 2.64 bits per heavy atom. The smallest absolute Gasteiger partial charge is 0.315 e. The van der Waals surface area contributed by atoms with E-state index in [0.29, 0.717) is 5.69 Å². The third-order valence-electron chi connectivity index (χ3n) is 3.34. The van der Waals surface area contributed by atoms with Gasteiger partial charge in [0.2, 0.25) is 10.0 Å². The molecular formula is C14H20BrN3O3S. The van der Waals surface area contributed by atoms with E-state index < -0.39 is 10.0 Å². The standard InChI is InChI=1S/C14H20BrN3O3S/c1-10-9-12(5-6-13(10)15)18(22(2,20)21)8-7-16-14(19)17-11-3-4-11/h5-6,9,11H,3-4,7-8H2,1-2H3,(H2,16,17,19). The van der Waals surface area contributed by atoms with Gasteiger partial charge in [0.1, 0.15) is 0 Å². The molecule has 1 saturated carbocycles. The van der Waals surface area contributed by atoms with E-state index in [1.807, 2.05) is 13.0 Å². The van der Waals surface area contributed by atoms with Crippen LogP contribution in [0.2, 0.25) is 0 Å². The van der Waals surface area contributed by atoms with E-state index in [0.717, 1.165) is 29.1 Å². The second-order valence-electron chi connectivity index (χ2n) is 5.44. The van der Waals surface area contributed by atoms with Crippen molar-refractivity contribution in [2.24, 2.45) is 0 Å². The highest BCUT2D eigenvalue weighted by atomic mass is 79.9. The van der Waals surface area contributed by atoms with E-state index in [2.05, 4.69) is 26.6 Å². The van der Waals surface area contributed by atoms with Crippen LogP contribution in [-0.4, -0.2) is 39.8 Å². The van der Waals surface area contributed by atoms with Crippen LogP contribution >= 0.6 is 15.9 Å². The van der Waals surface area contributed by atoms with Gasteiger partial charge in [0.05, 0.1) is 18.5 Å². The number of hydrogen-bond acceptors (Lipinski definition) is 3. The Morgan fingerprint density at radius 2 is 2.09 bits per heavy atom. The maximum Gasteiger partial charge on any atom is 0.315 e. The van der Waals surface area contributed by atoms with Crippen LogP contribution in [0.1, 0.15) is 18.4 Å². The molecule has 0 aromatic heterocycles. The molecule has 1 aromatic carbocycles. The van der Waals surface area contributed by atoms with E-state index in [9.17, 15) is 13.2 Å². The number of aryl methyl sites for hydroxylation is 1. The van der Waals surface area contributed by atoms with Gasteiger partial charge in [-0.15, -0.1) is 0 Å². The average molecular weight is 390 g/mol. The van der Waals surface area contributed by atoms with Crippen LogP contribution < -0.4 is 14.9 Å². The van der Waals surface area contributed by atoms with Crippen molar-refractivity contribution in [3.8, 4) is 0 Å². The molecule has 2 rings (SSSR count). The molecule has 0 spiro atoms. The zero-order valence-corrected chi connectivity index (χ0v) is 15.0. The molecule has 122 valence electrons. The highest BCUT2D eigenvalue weighted by Crippen LogP contribution is 2.24. The maximum atomic E-state index is 12.0. The number of halogens is 1. The molecule has 0 heterocycles. The van der Waals surface area contributed by atoms with Crippen molar-refractivity contribution in [3.05, 3.63) is 28.2 Å².